The number of phosphoric ester groups is 1. The van der Waals surface area contributed by atoms with Crippen LogP contribution in [0.15, 0.2) is 12.7 Å². The number of hydrogen-bond donors (Lipinski definition) is 5. The number of hydrogen-bond acceptors (Lipinski definition) is 10. The third-order valence-electron chi connectivity index (χ3n) is 4.72. The van der Waals surface area contributed by atoms with Crippen molar-refractivity contribution in [2.45, 2.75) is 37.4 Å². The Bertz CT molecular complexity index is 950. The highest BCUT2D eigenvalue weighted by Gasteiger charge is 2.45. The molecule has 0 saturated carbocycles. The molecule has 2 saturated heterocycles. The molecule has 15 heteroatoms. The Morgan fingerprint density at radius 3 is 2.60 bits per heavy atom. The number of aromatic nitrogens is 4. The lowest BCUT2D eigenvalue weighted by molar-refractivity contribution is -0.126. The highest BCUT2D eigenvalue weighted by Crippen LogP contribution is 2.38. The zero-order valence-electron chi connectivity index (χ0n) is 16.0. The van der Waals surface area contributed by atoms with E-state index in [1.165, 1.54) is 17.2 Å². The number of aliphatic hydroxyl groups excluding tert-OH is 2. The number of nitrogens with zero attached hydrogens (tertiary/aromatic N) is 5. The van der Waals surface area contributed by atoms with E-state index in [0.29, 0.717) is 11.4 Å². The van der Waals surface area contributed by atoms with E-state index in [4.69, 9.17) is 20.3 Å². The molecule has 0 radical (unpaired) electrons. The first-order chi connectivity index (χ1) is 14.1. The van der Waals surface area contributed by atoms with Gasteiger partial charge in [0.1, 0.15) is 30.2 Å². The number of rotatable bonds is 4. The van der Waals surface area contributed by atoms with Gasteiger partial charge in [0.05, 0.1) is 12.9 Å². The van der Waals surface area contributed by atoms with Crippen molar-refractivity contribution >= 4 is 30.7 Å². The van der Waals surface area contributed by atoms with Gasteiger partial charge in [0.25, 0.3) is 0 Å². The maximum atomic E-state index is 10.7. The van der Waals surface area contributed by atoms with Crippen molar-refractivity contribution in [3.05, 3.63) is 12.7 Å². The van der Waals surface area contributed by atoms with E-state index in [1.54, 1.807) is 4.90 Å². The Labute approximate surface area is 170 Å². The number of nitrogen functional groups attached to an aromatic ring is 1. The lowest BCUT2D eigenvalue weighted by Gasteiger charge is -2.16. The third-order valence-corrected chi connectivity index (χ3v) is 5.20. The molecule has 2 aliphatic rings. The second kappa shape index (κ2) is 8.89. The van der Waals surface area contributed by atoms with Crippen molar-refractivity contribution in [2.75, 3.05) is 25.9 Å². The molecular formula is C15H23N6O8P. The van der Waals surface area contributed by atoms with Gasteiger partial charge in [0, 0.05) is 20.0 Å². The Kier molecular flexibility index (Phi) is 6.67. The molecule has 4 rings (SSSR count). The maximum absolute atomic E-state index is 10.7. The summed E-state index contributed by atoms with van der Waals surface area (Å²) in [5.41, 5.74) is 6.25. The summed E-state index contributed by atoms with van der Waals surface area (Å²) in [7, 11) is -2.88. The molecule has 1 amide bonds. The van der Waals surface area contributed by atoms with E-state index in [2.05, 4.69) is 19.5 Å². The van der Waals surface area contributed by atoms with Crippen LogP contribution in [0.2, 0.25) is 0 Å². The molecule has 2 aliphatic heterocycles. The van der Waals surface area contributed by atoms with E-state index in [1.807, 2.05) is 7.05 Å². The fourth-order valence-electron chi connectivity index (χ4n) is 3.11. The molecule has 0 spiro atoms. The van der Waals surface area contributed by atoms with Crippen molar-refractivity contribution in [1.29, 1.82) is 0 Å². The molecule has 6 N–H and O–H groups in total. The molecule has 2 aromatic heterocycles. The molecule has 4 heterocycles. The standard InChI is InChI=1S/C10H14N5O7P.C5H9NO/c11-8-5-9(13-2-12-8)15(3-14-5)10-7(17)6(16)4(22-10)1-21-23(18,19)20;1-6-4-2-3-5(6)7/h2-4,6-7,10,16-17H,1H2,(H2,11,12,13)(H2,18,19,20);2-4H2,1H3/t4-,6-,7-,10-;/m1./s1. The number of imidazole rings is 1. The Hall–Kier alpha value is -2.19. The maximum Gasteiger partial charge on any atom is 0.469 e. The van der Waals surface area contributed by atoms with Crippen molar-refractivity contribution in [3.63, 3.8) is 0 Å². The number of carbonyl (C=O) groups excluding carboxylic acids is 1. The zero-order chi connectivity index (χ0) is 22.1. The minimum atomic E-state index is -4.72. The van der Waals surface area contributed by atoms with Crippen LogP contribution in [0.1, 0.15) is 19.1 Å². The van der Waals surface area contributed by atoms with Gasteiger partial charge in [0.15, 0.2) is 17.7 Å². The number of carbonyl (C=O) groups is 1. The summed E-state index contributed by atoms with van der Waals surface area (Å²) in [4.78, 5) is 41.5. The van der Waals surface area contributed by atoms with Crippen LogP contribution >= 0.6 is 7.82 Å². The van der Waals surface area contributed by atoms with Crippen LogP contribution in [0.5, 0.6) is 0 Å². The molecule has 0 unspecified atom stereocenters. The van der Waals surface area contributed by atoms with Gasteiger partial charge in [0.2, 0.25) is 5.91 Å². The van der Waals surface area contributed by atoms with E-state index in [-0.39, 0.29) is 11.5 Å². The summed E-state index contributed by atoms with van der Waals surface area (Å²) in [6.07, 6.45) is -0.679. The number of likely N-dealkylation sites (tertiary alicyclic amines) is 1. The number of aliphatic hydroxyl groups is 2. The van der Waals surface area contributed by atoms with Gasteiger partial charge in [-0.1, -0.05) is 0 Å². The molecule has 0 bridgehead atoms. The first kappa shape index (κ1) is 22.5. The summed E-state index contributed by atoms with van der Waals surface area (Å²) in [6, 6.07) is 0. The van der Waals surface area contributed by atoms with E-state index >= 15 is 0 Å². The van der Waals surface area contributed by atoms with Crippen LogP contribution in [0.3, 0.4) is 0 Å². The minimum Gasteiger partial charge on any atom is -0.387 e. The number of ether oxygens (including phenoxy) is 1. The van der Waals surface area contributed by atoms with Crippen LogP contribution in [0.4, 0.5) is 5.82 Å². The highest BCUT2D eigenvalue weighted by atomic mass is 31.2. The van der Waals surface area contributed by atoms with Crippen molar-refractivity contribution in [1.82, 2.24) is 24.4 Å². The molecule has 30 heavy (non-hydrogen) atoms. The van der Waals surface area contributed by atoms with E-state index in [9.17, 15) is 19.6 Å². The Morgan fingerprint density at radius 1 is 1.30 bits per heavy atom. The van der Waals surface area contributed by atoms with Crippen molar-refractivity contribution in [2.24, 2.45) is 0 Å². The van der Waals surface area contributed by atoms with Crippen molar-refractivity contribution in [3.8, 4) is 0 Å². The second-order valence-corrected chi connectivity index (χ2v) is 8.07. The molecule has 4 atom stereocenters. The second-order valence-electron chi connectivity index (χ2n) is 6.83. The van der Waals surface area contributed by atoms with Crippen LogP contribution in [0.25, 0.3) is 11.2 Å². The molecule has 2 aromatic rings. The van der Waals surface area contributed by atoms with E-state index < -0.39 is 39.0 Å². The van der Waals surface area contributed by atoms with Crippen LogP contribution in [0, 0.1) is 0 Å². The van der Waals surface area contributed by atoms with E-state index in [0.717, 1.165) is 19.4 Å². The predicted molar refractivity (Wildman–Crippen MR) is 101 cm³/mol. The van der Waals surface area contributed by atoms with Crippen LogP contribution in [-0.2, 0) is 18.6 Å². The monoisotopic (exact) mass is 446 g/mol. The number of fused-ring (bicyclic) bond motifs is 1. The van der Waals surface area contributed by atoms with Crippen molar-refractivity contribution < 1.29 is 38.6 Å². The fourth-order valence-corrected chi connectivity index (χ4v) is 3.45. The lowest BCUT2D eigenvalue weighted by atomic mass is 10.1. The summed E-state index contributed by atoms with van der Waals surface area (Å²) in [5.74, 6) is 0.433. The SMILES string of the molecule is CN1CCCC1=O.Nc1ncnc2c1ncn2[C@@H]1O[C@H](COP(=O)(O)O)[C@@H](O)[C@H]1O. The fraction of sp³-hybridized carbons (Fsp3) is 0.600. The highest BCUT2D eigenvalue weighted by molar-refractivity contribution is 7.46. The van der Waals surface area contributed by atoms with Crippen LogP contribution < -0.4 is 5.73 Å². The van der Waals surface area contributed by atoms with Gasteiger partial charge >= 0.3 is 7.82 Å². The number of amides is 1. The molecule has 0 aliphatic carbocycles. The smallest absolute Gasteiger partial charge is 0.387 e. The number of anilines is 1. The van der Waals surface area contributed by atoms with Crippen LogP contribution in [-0.4, -0.2) is 88.8 Å². The summed E-state index contributed by atoms with van der Waals surface area (Å²) >= 11 is 0. The number of nitrogens with two attached hydrogens (primary N) is 1. The normalized spacial score (nSPS) is 26.8. The van der Waals surface area contributed by atoms with Gasteiger partial charge in [-0.3, -0.25) is 13.9 Å². The summed E-state index contributed by atoms with van der Waals surface area (Å²) < 4.78 is 21.8. The first-order valence-corrected chi connectivity index (χ1v) is 10.5. The summed E-state index contributed by atoms with van der Waals surface area (Å²) in [6.45, 7) is 0.363. The molecule has 14 nitrogen and oxygen atoms in total. The van der Waals surface area contributed by atoms with Gasteiger partial charge in [-0.25, -0.2) is 19.5 Å². The predicted octanol–water partition coefficient (Wildman–Crippen LogP) is -1.62. The Morgan fingerprint density at radius 2 is 2.03 bits per heavy atom. The largest absolute Gasteiger partial charge is 0.469 e. The average molecular weight is 446 g/mol. The average Bonchev–Trinajstić information content (AvgIpc) is 3.34. The lowest BCUT2D eigenvalue weighted by Crippen LogP contribution is -2.33. The zero-order valence-corrected chi connectivity index (χ0v) is 16.9. The molecule has 0 aromatic carbocycles. The Balaban J connectivity index is 0.000000310. The van der Waals surface area contributed by atoms with Gasteiger partial charge in [-0.2, -0.15) is 0 Å². The molecule has 2 fully saturated rings. The van der Waals surface area contributed by atoms with Gasteiger partial charge < -0.3 is 35.4 Å². The molecular weight excluding hydrogens is 423 g/mol. The van der Waals surface area contributed by atoms with Gasteiger partial charge in [-0.05, 0) is 6.42 Å². The first-order valence-electron chi connectivity index (χ1n) is 8.97. The molecule has 166 valence electrons. The summed E-state index contributed by atoms with van der Waals surface area (Å²) in [5, 5.41) is 20.1. The number of phosphoric acid groups is 1. The quantitative estimate of drug-likeness (QED) is 0.336. The topological polar surface area (TPSA) is 206 Å². The van der Waals surface area contributed by atoms with Gasteiger partial charge in [-0.15, -0.1) is 0 Å². The third kappa shape index (κ3) is 4.92. The minimum absolute atomic E-state index is 0.142.